The Bertz CT molecular complexity index is 1290. The van der Waals surface area contributed by atoms with Crippen molar-refractivity contribution in [2.75, 3.05) is 5.73 Å². The van der Waals surface area contributed by atoms with Crippen LogP contribution in [0.15, 0.2) is 64.7 Å². The number of anilines is 1. The van der Waals surface area contributed by atoms with Crippen molar-refractivity contribution in [1.82, 2.24) is 19.6 Å². The highest BCUT2D eigenvalue weighted by molar-refractivity contribution is 5.97. The smallest absolute Gasteiger partial charge is 0.228 e. The van der Waals surface area contributed by atoms with Crippen molar-refractivity contribution < 1.29 is 13.9 Å². The molecule has 0 aliphatic carbocycles. The van der Waals surface area contributed by atoms with Crippen molar-refractivity contribution in [2.45, 2.75) is 19.8 Å². The number of nitrogens with two attached hydrogens (primary N) is 1. The van der Waals surface area contributed by atoms with Crippen LogP contribution in [-0.2, 0) is 4.79 Å². The molecule has 0 fully saturated rings. The summed E-state index contributed by atoms with van der Waals surface area (Å²) in [7, 11) is 0. The van der Waals surface area contributed by atoms with Gasteiger partial charge in [-0.3, -0.25) is 4.79 Å². The summed E-state index contributed by atoms with van der Waals surface area (Å²) >= 11 is 0. The fraction of sp³-hybridized carbons (Fsp3) is 0.143. The number of para-hydroxylation sites is 1. The summed E-state index contributed by atoms with van der Waals surface area (Å²) in [4.78, 5) is 21.6. The molecule has 8 nitrogen and oxygen atoms in total. The minimum absolute atomic E-state index is 0.108. The zero-order valence-corrected chi connectivity index (χ0v) is 15.8. The van der Waals surface area contributed by atoms with Gasteiger partial charge < -0.3 is 14.9 Å². The van der Waals surface area contributed by atoms with Gasteiger partial charge >= 0.3 is 0 Å². The number of nitrogen functional groups attached to an aromatic ring is 1. The van der Waals surface area contributed by atoms with Crippen molar-refractivity contribution in [3.05, 3.63) is 71.6 Å². The maximum atomic E-state index is 12.5. The van der Waals surface area contributed by atoms with Gasteiger partial charge in [-0.05, 0) is 38.1 Å². The number of ether oxygens (including phenoxy) is 1. The summed E-state index contributed by atoms with van der Waals surface area (Å²) in [6.45, 7) is 3.26. The third kappa shape index (κ3) is 2.60. The number of rotatable bonds is 3. The minimum atomic E-state index is -0.493. The Balaban J connectivity index is 1.79. The van der Waals surface area contributed by atoms with E-state index in [0.29, 0.717) is 45.7 Å². The van der Waals surface area contributed by atoms with Crippen LogP contribution in [0, 0.1) is 0 Å². The molecule has 0 saturated carbocycles. The van der Waals surface area contributed by atoms with Crippen LogP contribution in [0.3, 0.4) is 0 Å². The number of aromatic nitrogens is 4. The van der Waals surface area contributed by atoms with Gasteiger partial charge in [0, 0.05) is 16.8 Å². The second-order valence-corrected chi connectivity index (χ2v) is 6.83. The normalized spacial score (nSPS) is 16.0. The van der Waals surface area contributed by atoms with Gasteiger partial charge in [0.15, 0.2) is 17.3 Å². The Kier molecular flexibility index (Phi) is 3.73. The van der Waals surface area contributed by atoms with Gasteiger partial charge in [0.25, 0.3) is 0 Å². The summed E-state index contributed by atoms with van der Waals surface area (Å²) in [6, 6.07) is 11.0. The van der Waals surface area contributed by atoms with Crippen molar-refractivity contribution in [2.24, 2.45) is 0 Å². The first kappa shape index (κ1) is 17.2. The van der Waals surface area contributed by atoms with Gasteiger partial charge in [0.1, 0.15) is 17.8 Å². The molecule has 0 bridgehead atoms. The molecule has 1 aromatic carbocycles. The zero-order valence-electron chi connectivity index (χ0n) is 15.8. The molecule has 3 aromatic heterocycles. The summed E-state index contributed by atoms with van der Waals surface area (Å²) in [5.41, 5.74) is 9.06. The van der Waals surface area contributed by atoms with Crippen molar-refractivity contribution in [3.63, 3.8) is 0 Å². The van der Waals surface area contributed by atoms with E-state index in [9.17, 15) is 4.79 Å². The molecule has 0 radical (unpaired) electrons. The highest BCUT2D eigenvalue weighted by atomic mass is 16.5. The van der Waals surface area contributed by atoms with Crippen LogP contribution in [-0.4, -0.2) is 25.4 Å². The van der Waals surface area contributed by atoms with E-state index in [-0.39, 0.29) is 5.78 Å². The summed E-state index contributed by atoms with van der Waals surface area (Å²) in [5, 5.41) is 4.53. The molecular formula is C21H17N5O3. The number of hydrogen-bond donors (Lipinski definition) is 1. The largest absolute Gasteiger partial charge is 0.468 e. The third-order valence-electron chi connectivity index (χ3n) is 5.00. The molecule has 8 heteroatoms. The molecule has 0 spiro atoms. The summed E-state index contributed by atoms with van der Waals surface area (Å²) in [5.74, 6) is 1.35. The number of allylic oxidation sites excluding steroid dienone is 2. The van der Waals surface area contributed by atoms with E-state index in [1.54, 1.807) is 29.8 Å². The lowest BCUT2D eigenvalue weighted by molar-refractivity contribution is -0.114. The van der Waals surface area contributed by atoms with Crippen LogP contribution in [0.2, 0.25) is 0 Å². The van der Waals surface area contributed by atoms with Gasteiger partial charge in [0.2, 0.25) is 5.88 Å². The Morgan fingerprint density at radius 2 is 2.03 bits per heavy atom. The molecule has 29 heavy (non-hydrogen) atoms. The molecule has 0 saturated heterocycles. The molecule has 1 atom stereocenters. The number of ketones is 1. The number of hydrogen-bond acceptors (Lipinski definition) is 7. The maximum absolute atomic E-state index is 12.5. The molecule has 1 unspecified atom stereocenters. The van der Waals surface area contributed by atoms with E-state index in [2.05, 4.69) is 10.1 Å². The quantitative estimate of drug-likeness (QED) is 0.537. The van der Waals surface area contributed by atoms with Gasteiger partial charge in [-0.15, -0.1) is 5.10 Å². The van der Waals surface area contributed by atoms with Gasteiger partial charge in [-0.2, -0.15) is 0 Å². The average molecular weight is 387 g/mol. The number of carbonyl (C=O) groups excluding carboxylic acids is 1. The van der Waals surface area contributed by atoms with E-state index in [1.165, 1.54) is 13.3 Å². The molecule has 1 aliphatic rings. The molecule has 4 aromatic rings. The standard InChI is InChI=1S/C21H17N5O3/c1-11(27)16-12(2)29-21-18(17(16)15-8-5-9-28-15)20-24-19(25-26(20)10-23-21)13-6-3-4-7-14(13)22/h3-10,17H,22H2,1-2H3. The van der Waals surface area contributed by atoms with Crippen molar-refractivity contribution in [3.8, 4) is 17.3 Å². The lowest BCUT2D eigenvalue weighted by Gasteiger charge is -2.26. The highest BCUT2D eigenvalue weighted by Crippen LogP contribution is 2.44. The van der Waals surface area contributed by atoms with E-state index in [4.69, 9.17) is 19.9 Å². The molecular weight excluding hydrogens is 370 g/mol. The Morgan fingerprint density at radius 3 is 2.76 bits per heavy atom. The molecule has 144 valence electrons. The van der Waals surface area contributed by atoms with E-state index in [0.717, 1.165) is 5.56 Å². The van der Waals surface area contributed by atoms with Crippen LogP contribution >= 0.6 is 0 Å². The molecule has 0 amide bonds. The topological polar surface area (TPSA) is 109 Å². The Morgan fingerprint density at radius 1 is 1.21 bits per heavy atom. The van der Waals surface area contributed by atoms with Gasteiger partial charge in [0.05, 0.1) is 17.7 Å². The molecule has 1 aliphatic heterocycles. The SMILES string of the molecule is CC(=O)C1=C(C)Oc2ncn3nc(-c4ccccc4N)nc3c2C1c1ccco1. The van der Waals surface area contributed by atoms with E-state index in [1.807, 2.05) is 24.3 Å². The second kappa shape index (κ2) is 6.30. The van der Waals surface area contributed by atoms with Crippen LogP contribution in [0.4, 0.5) is 5.69 Å². The molecule has 2 N–H and O–H groups in total. The number of Topliss-reactive ketones (excluding diaryl/α,β-unsaturated/α-hetero) is 1. The van der Waals surface area contributed by atoms with Gasteiger partial charge in [-0.25, -0.2) is 14.5 Å². The third-order valence-corrected chi connectivity index (χ3v) is 5.00. The predicted octanol–water partition coefficient (Wildman–Crippen LogP) is 3.35. The highest BCUT2D eigenvalue weighted by Gasteiger charge is 2.37. The van der Waals surface area contributed by atoms with E-state index < -0.39 is 5.92 Å². The predicted molar refractivity (Wildman–Crippen MR) is 105 cm³/mol. The van der Waals surface area contributed by atoms with E-state index >= 15 is 0 Å². The summed E-state index contributed by atoms with van der Waals surface area (Å²) in [6.07, 6.45) is 3.11. The lowest BCUT2D eigenvalue weighted by atomic mass is 9.85. The number of fused-ring (bicyclic) bond motifs is 3. The van der Waals surface area contributed by atoms with Crippen LogP contribution in [0.1, 0.15) is 31.1 Å². The first-order valence-electron chi connectivity index (χ1n) is 9.07. The minimum Gasteiger partial charge on any atom is -0.468 e. The van der Waals surface area contributed by atoms with Crippen molar-refractivity contribution in [1.29, 1.82) is 0 Å². The van der Waals surface area contributed by atoms with Crippen LogP contribution < -0.4 is 10.5 Å². The maximum Gasteiger partial charge on any atom is 0.228 e. The Hall–Kier alpha value is -3.94. The fourth-order valence-corrected chi connectivity index (χ4v) is 3.75. The van der Waals surface area contributed by atoms with Crippen LogP contribution in [0.5, 0.6) is 5.88 Å². The summed E-state index contributed by atoms with van der Waals surface area (Å²) < 4.78 is 13.1. The molecule has 4 heterocycles. The van der Waals surface area contributed by atoms with Crippen LogP contribution in [0.25, 0.3) is 17.0 Å². The fourth-order valence-electron chi connectivity index (χ4n) is 3.75. The van der Waals surface area contributed by atoms with Gasteiger partial charge in [-0.1, -0.05) is 12.1 Å². The number of nitrogens with zero attached hydrogens (tertiary/aromatic N) is 4. The van der Waals surface area contributed by atoms with Crippen molar-refractivity contribution >= 4 is 17.1 Å². The molecule has 5 rings (SSSR count). The average Bonchev–Trinajstić information content (AvgIpc) is 3.36. The number of furan rings is 1. The number of carbonyl (C=O) groups is 1. The Labute approximate surface area is 165 Å². The monoisotopic (exact) mass is 387 g/mol. The first-order chi connectivity index (χ1) is 14.0. The first-order valence-corrected chi connectivity index (χ1v) is 9.07. The lowest BCUT2D eigenvalue weighted by Crippen LogP contribution is -2.21. The zero-order chi connectivity index (χ0) is 20.1. The number of benzene rings is 1. The second-order valence-electron chi connectivity index (χ2n) is 6.83.